The standard InChI is InChI=1S/C10H14.C8H9FO.C8H10O.2C2H6/c1-7-5-8(2)10(4)9(3)6-7;1-6-4-3-5-7(10-2)8(6)9;1-7-4-3-5-8(6-7)9-2;2*1-2/h5-6H,1-4H3;3-5H,1-2H3;3-6H,1-2H3;2*1-2H3. The largest absolute Gasteiger partial charge is 0.497 e. The molecule has 0 fully saturated rings. The van der Waals surface area contributed by atoms with Crippen molar-refractivity contribution in [2.45, 2.75) is 69.2 Å². The zero-order valence-electron chi connectivity index (χ0n) is 22.9. The van der Waals surface area contributed by atoms with Crippen LogP contribution in [-0.4, -0.2) is 14.2 Å². The van der Waals surface area contributed by atoms with E-state index in [0.717, 1.165) is 5.75 Å². The zero-order valence-corrected chi connectivity index (χ0v) is 22.9. The Morgan fingerprint density at radius 1 is 0.576 bits per heavy atom. The highest BCUT2D eigenvalue weighted by Crippen LogP contribution is 2.18. The molecule has 0 unspecified atom stereocenters. The molecule has 2 nitrogen and oxygen atoms in total. The van der Waals surface area contributed by atoms with Gasteiger partial charge in [-0.25, -0.2) is 4.39 Å². The van der Waals surface area contributed by atoms with Crippen LogP contribution in [0.5, 0.6) is 11.5 Å². The van der Waals surface area contributed by atoms with Gasteiger partial charge in [0, 0.05) is 0 Å². The highest BCUT2D eigenvalue weighted by atomic mass is 19.1. The van der Waals surface area contributed by atoms with Crippen LogP contribution in [0.25, 0.3) is 0 Å². The summed E-state index contributed by atoms with van der Waals surface area (Å²) >= 11 is 0. The SMILES string of the molecule is CC.CC.COc1cccc(C)c1.COc1cccc(C)c1F.Cc1cc(C)c(C)c(C)c1. The zero-order chi connectivity index (χ0) is 26.0. The normalized spacial score (nSPS) is 8.76. The number of halogens is 1. The van der Waals surface area contributed by atoms with E-state index in [1.807, 2.05) is 58.9 Å². The van der Waals surface area contributed by atoms with Crippen LogP contribution in [0.4, 0.5) is 4.39 Å². The molecular formula is C30H45FO2. The Kier molecular flexibility index (Phi) is 18.4. The van der Waals surface area contributed by atoms with Crippen molar-refractivity contribution in [3.8, 4) is 11.5 Å². The van der Waals surface area contributed by atoms with E-state index >= 15 is 0 Å². The number of aryl methyl sites for hydroxylation is 5. The molecule has 0 spiro atoms. The number of hydrogen-bond acceptors (Lipinski definition) is 2. The van der Waals surface area contributed by atoms with Crippen molar-refractivity contribution in [2.24, 2.45) is 0 Å². The van der Waals surface area contributed by atoms with Crippen molar-refractivity contribution < 1.29 is 13.9 Å². The van der Waals surface area contributed by atoms with Crippen molar-refractivity contribution in [1.82, 2.24) is 0 Å². The third-order valence-electron chi connectivity index (χ3n) is 4.67. The molecule has 0 heterocycles. The Hall–Kier alpha value is -2.81. The molecule has 184 valence electrons. The Morgan fingerprint density at radius 3 is 1.48 bits per heavy atom. The summed E-state index contributed by atoms with van der Waals surface area (Å²) in [6, 6.07) is 17.5. The quantitative estimate of drug-likeness (QED) is 0.383. The molecule has 0 radical (unpaired) electrons. The Bertz CT molecular complexity index is 894. The van der Waals surface area contributed by atoms with E-state index in [-0.39, 0.29) is 5.82 Å². The first kappa shape index (κ1) is 32.4. The lowest BCUT2D eigenvalue weighted by atomic mass is 10.0. The van der Waals surface area contributed by atoms with Crippen molar-refractivity contribution in [3.63, 3.8) is 0 Å². The molecule has 0 aliphatic rings. The van der Waals surface area contributed by atoms with Crippen LogP contribution >= 0.6 is 0 Å². The summed E-state index contributed by atoms with van der Waals surface area (Å²) in [5.41, 5.74) is 7.43. The molecule has 3 aromatic rings. The van der Waals surface area contributed by atoms with E-state index in [2.05, 4.69) is 39.8 Å². The number of hydrogen-bond donors (Lipinski definition) is 0. The first-order chi connectivity index (χ1) is 15.7. The van der Waals surface area contributed by atoms with Gasteiger partial charge in [0.05, 0.1) is 14.2 Å². The second-order valence-corrected chi connectivity index (χ2v) is 7.14. The maximum absolute atomic E-state index is 12.9. The molecule has 3 heteroatoms. The van der Waals surface area contributed by atoms with Gasteiger partial charge in [-0.15, -0.1) is 0 Å². The van der Waals surface area contributed by atoms with Gasteiger partial charge in [0.25, 0.3) is 0 Å². The summed E-state index contributed by atoms with van der Waals surface area (Å²) in [5.74, 6) is 0.958. The van der Waals surface area contributed by atoms with Crippen LogP contribution in [0.1, 0.15) is 61.1 Å². The van der Waals surface area contributed by atoms with Crippen molar-refractivity contribution >= 4 is 0 Å². The predicted molar refractivity (Wildman–Crippen MR) is 144 cm³/mol. The van der Waals surface area contributed by atoms with Crippen LogP contribution < -0.4 is 9.47 Å². The average molecular weight is 457 g/mol. The summed E-state index contributed by atoms with van der Waals surface area (Å²) in [5, 5.41) is 0. The minimum Gasteiger partial charge on any atom is -0.497 e. The lowest BCUT2D eigenvalue weighted by molar-refractivity contribution is 0.385. The third kappa shape index (κ3) is 12.7. The topological polar surface area (TPSA) is 18.5 Å². The molecule has 0 saturated carbocycles. The van der Waals surface area contributed by atoms with Gasteiger partial charge >= 0.3 is 0 Å². The number of rotatable bonds is 2. The molecule has 0 atom stereocenters. The molecule has 0 aliphatic carbocycles. The van der Waals surface area contributed by atoms with Gasteiger partial charge < -0.3 is 9.47 Å². The van der Waals surface area contributed by atoms with Gasteiger partial charge in [0.1, 0.15) is 5.75 Å². The monoisotopic (exact) mass is 456 g/mol. The van der Waals surface area contributed by atoms with Gasteiger partial charge in [0.2, 0.25) is 0 Å². The maximum atomic E-state index is 12.9. The van der Waals surface area contributed by atoms with Crippen LogP contribution in [0.3, 0.4) is 0 Å². The molecule has 0 aromatic heterocycles. The summed E-state index contributed by atoms with van der Waals surface area (Å²) in [4.78, 5) is 0. The predicted octanol–water partition coefficient (Wildman–Crippen LogP) is 9.12. The van der Waals surface area contributed by atoms with E-state index in [4.69, 9.17) is 9.47 Å². The van der Waals surface area contributed by atoms with E-state index < -0.39 is 0 Å². The average Bonchev–Trinajstić information content (AvgIpc) is 2.82. The molecule has 0 aliphatic heterocycles. The van der Waals surface area contributed by atoms with Crippen molar-refractivity contribution in [2.75, 3.05) is 14.2 Å². The fourth-order valence-electron chi connectivity index (χ4n) is 2.77. The summed E-state index contributed by atoms with van der Waals surface area (Å²) in [6.07, 6.45) is 0. The van der Waals surface area contributed by atoms with Crippen molar-refractivity contribution in [3.05, 3.63) is 93.8 Å². The van der Waals surface area contributed by atoms with Gasteiger partial charge in [-0.05, 0) is 87.6 Å². The van der Waals surface area contributed by atoms with E-state index in [0.29, 0.717) is 11.3 Å². The van der Waals surface area contributed by atoms with Crippen LogP contribution in [0.15, 0.2) is 54.6 Å². The Morgan fingerprint density at radius 2 is 1.09 bits per heavy atom. The molecule has 0 N–H and O–H groups in total. The number of ether oxygens (including phenoxy) is 2. The van der Waals surface area contributed by atoms with Gasteiger partial charge in [-0.1, -0.05) is 69.7 Å². The van der Waals surface area contributed by atoms with E-state index in [1.54, 1.807) is 32.2 Å². The van der Waals surface area contributed by atoms with Gasteiger partial charge in [-0.2, -0.15) is 0 Å². The second kappa shape index (κ2) is 18.7. The summed E-state index contributed by atoms with van der Waals surface area (Å²) in [7, 11) is 3.13. The molecular weight excluding hydrogens is 411 g/mol. The molecule has 33 heavy (non-hydrogen) atoms. The number of benzene rings is 3. The molecule has 3 rings (SSSR count). The van der Waals surface area contributed by atoms with E-state index in [1.165, 1.54) is 34.9 Å². The lowest BCUT2D eigenvalue weighted by Gasteiger charge is -2.04. The maximum Gasteiger partial charge on any atom is 0.167 e. The first-order valence-corrected chi connectivity index (χ1v) is 11.6. The fraction of sp³-hybridized carbons (Fsp3) is 0.400. The summed E-state index contributed by atoms with van der Waals surface area (Å²) in [6.45, 7) is 20.4. The Balaban J connectivity index is 0. The van der Waals surface area contributed by atoms with Gasteiger partial charge in [0.15, 0.2) is 11.6 Å². The lowest BCUT2D eigenvalue weighted by Crippen LogP contribution is -1.89. The molecule has 0 bridgehead atoms. The molecule has 0 amide bonds. The third-order valence-corrected chi connectivity index (χ3v) is 4.67. The van der Waals surface area contributed by atoms with Crippen molar-refractivity contribution in [1.29, 1.82) is 0 Å². The number of methoxy groups -OCH3 is 2. The smallest absolute Gasteiger partial charge is 0.167 e. The molecule has 3 aromatic carbocycles. The molecule has 0 saturated heterocycles. The van der Waals surface area contributed by atoms with Gasteiger partial charge in [-0.3, -0.25) is 0 Å². The second-order valence-electron chi connectivity index (χ2n) is 7.14. The first-order valence-electron chi connectivity index (χ1n) is 11.6. The van der Waals surface area contributed by atoms with Crippen LogP contribution in [-0.2, 0) is 0 Å². The highest BCUT2D eigenvalue weighted by Gasteiger charge is 2.02. The minimum atomic E-state index is -0.273. The van der Waals surface area contributed by atoms with Crippen LogP contribution in [0, 0.1) is 47.4 Å². The van der Waals surface area contributed by atoms with Crippen LogP contribution in [0.2, 0.25) is 0 Å². The fourth-order valence-corrected chi connectivity index (χ4v) is 2.77. The van der Waals surface area contributed by atoms with E-state index in [9.17, 15) is 4.39 Å². The Labute approximate surface area is 202 Å². The minimum absolute atomic E-state index is 0.273. The highest BCUT2D eigenvalue weighted by molar-refractivity contribution is 5.36. The summed E-state index contributed by atoms with van der Waals surface area (Å²) < 4.78 is 22.6.